The molecule has 6 heteroatoms. The molecule has 0 spiro atoms. The van der Waals surface area contributed by atoms with Crippen LogP contribution in [0.2, 0.25) is 0 Å². The third-order valence-electron chi connectivity index (χ3n) is 0. The van der Waals surface area contributed by atoms with Gasteiger partial charge in [0, 0.05) is 0 Å². The molecule has 0 atom stereocenters. The van der Waals surface area contributed by atoms with E-state index in [0.29, 0.717) is 0 Å². The molecule has 9 heavy (non-hydrogen) atoms. The summed E-state index contributed by atoms with van der Waals surface area (Å²) in [5, 5.41) is 7.10. The molecule has 0 aliphatic rings. The number of hydrogen-bond acceptors (Lipinski definition) is 4. The van der Waals surface area contributed by atoms with Crippen LogP contribution in [0.15, 0.2) is 0 Å². The van der Waals surface area contributed by atoms with Crippen molar-refractivity contribution in [3.63, 3.8) is 0 Å². The maximum Gasteiger partial charge on any atom is 0.229 e. The van der Waals surface area contributed by atoms with Gasteiger partial charge >= 0.3 is 35.3 Å². The molecule has 0 bridgehead atoms. The molecule has 0 saturated carbocycles. The number of nitriles is 1. The monoisotopic (exact) mass is 149 g/mol. The minimum Gasteiger partial charge on any atom is -0.214 e. The first kappa shape index (κ1) is 11.6. The zero-order valence-electron chi connectivity index (χ0n) is 5.31. The van der Waals surface area contributed by atoms with Gasteiger partial charge in [-0.2, -0.15) is 0 Å². The molecule has 3 N–H and O–H groups in total. The summed E-state index contributed by atoms with van der Waals surface area (Å²) in [6.45, 7) is 2.01. The van der Waals surface area contributed by atoms with Crippen molar-refractivity contribution < 1.29 is 14.7 Å². The molecule has 0 aromatic heterocycles. The molecule has 4 nitrogen and oxygen atoms in total. The second kappa shape index (κ2) is 3.14. The van der Waals surface area contributed by atoms with Crippen LogP contribution in [-0.2, 0) is 0 Å². The molecule has 0 saturated heterocycles. The van der Waals surface area contributed by atoms with Crippen molar-refractivity contribution in [1.82, 2.24) is 0 Å². The maximum atomic E-state index is 8.23. The van der Waals surface area contributed by atoms with Gasteiger partial charge in [0.1, 0.15) is 0 Å². The Morgan fingerprint density at radius 3 is 1.33 bits per heavy atom. The van der Waals surface area contributed by atoms with Crippen molar-refractivity contribution in [3.8, 4) is 5.97 Å². The van der Waals surface area contributed by atoms with Crippen LogP contribution in [0.3, 0.4) is 0 Å². The van der Waals surface area contributed by atoms with Crippen LogP contribution in [0.1, 0.15) is 0 Å². The molecule has 0 unspecified atom stereocenters. The van der Waals surface area contributed by atoms with E-state index in [-0.39, 0.29) is 0 Å². The molecule has 0 aliphatic heterocycles. The molecular weight excluding hydrogens is 140 g/mol. The van der Waals surface area contributed by atoms with E-state index in [9.17, 15) is 0 Å². The second-order valence-corrected chi connectivity index (χ2v) is 5.88. The fourth-order valence-electron chi connectivity index (χ4n) is 0. The van der Waals surface area contributed by atoms with Crippen LogP contribution in [-0.4, -0.2) is 35.9 Å². The number of nitrogens with zero attached hydrogens (tertiary/aromatic N) is 1. The second-order valence-electron chi connectivity index (χ2n) is 2.04. The minimum atomic E-state index is -4.05. The number of hydrogen-bond donors (Lipinski definition) is 3. The molecule has 0 aliphatic carbocycles. The Morgan fingerprint density at radius 1 is 1.33 bits per heavy atom. The van der Waals surface area contributed by atoms with Crippen molar-refractivity contribution in [3.05, 3.63) is 0 Å². The van der Waals surface area contributed by atoms with Gasteiger partial charge in [0.2, 0.25) is 7.85 Å². The van der Waals surface area contributed by atoms with Gasteiger partial charge < -0.3 is 0 Å². The quantitative estimate of drug-likeness (QED) is 0.309. The van der Waals surface area contributed by atoms with E-state index in [1.807, 2.05) is 0 Å². The fourth-order valence-corrected chi connectivity index (χ4v) is 0. The van der Waals surface area contributed by atoms with Crippen molar-refractivity contribution in [2.45, 2.75) is 0 Å². The van der Waals surface area contributed by atoms with Crippen LogP contribution in [0.25, 0.3) is 0 Å². The maximum absolute atomic E-state index is 8.23. The molecular formula is C3H9BNO3P. The topological polar surface area (TPSA) is 84.5 Å². The van der Waals surface area contributed by atoms with E-state index in [1.54, 1.807) is 0 Å². The van der Waals surface area contributed by atoms with Gasteiger partial charge in [-0.1, -0.05) is 0 Å². The van der Waals surface area contributed by atoms with Crippen molar-refractivity contribution in [2.24, 2.45) is 0 Å². The van der Waals surface area contributed by atoms with Crippen molar-refractivity contribution in [1.29, 1.82) is 5.26 Å². The van der Waals surface area contributed by atoms with Gasteiger partial charge in [-0.15, -0.1) is 0 Å². The Labute approximate surface area is 55.3 Å². The van der Waals surface area contributed by atoms with Crippen LogP contribution >= 0.6 is 7.28 Å². The number of rotatable bonds is 0. The Hall–Kier alpha value is -0.135. The average Bonchev–Trinajstić information content (AvgIpc) is 1.23. The molecule has 0 heterocycles. The van der Waals surface area contributed by atoms with Crippen LogP contribution in [0.5, 0.6) is 0 Å². The van der Waals surface area contributed by atoms with Gasteiger partial charge in [0.15, 0.2) is 0 Å². The third kappa shape index (κ3) is 14800. The van der Waals surface area contributed by atoms with Crippen molar-refractivity contribution >= 4 is 15.1 Å². The third-order valence-corrected chi connectivity index (χ3v) is 0. The first-order valence-corrected chi connectivity index (χ1v) is 5.00. The van der Waals surface area contributed by atoms with Gasteiger partial charge in [-0.25, -0.2) is 5.26 Å². The Bertz CT molecular complexity index is 104. The Kier molecular flexibility index (Phi) is 4.06. The summed E-state index contributed by atoms with van der Waals surface area (Å²) in [5.74, 6) is 1.25. The molecule has 0 amide bonds. The van der Waals surface area contributed by atoms with E-state index >= 15 is 0 Å². The van der Waals surface area contributed by atoms with Gasteiger partial charge in [-0.3, -0.25) is 0 Å². The molecule has 0 aromatic rings. The first-order chi connectivity index (χ1) is 3.65. The summed E-state index contributed by atoms with van der Waals surface area (Å²) in [6, 6.07) is 0. The SMILES string of the molecule is CP(C)(O)(O)O.[B]C#N. The van der Waals surface area contributed by atoms with Gasteiger partial charge in [0.25, 0.3) is 0 Å². The summed E-state index contributed by atoms with van der Waals surface area (Å²) in [6.07, 6.45) is 0. The summed E-state index contributed by atoms with van der Waals surface area (Å²) >= 11 is 0. The molecule has 0 fully saturated rings. The van der Waals surface area contributed by atoms with E-state index < -0.39 is 7.28 Å². The van der Waals surface area contributed by atoms with Crippen LogP contribution in [0.4, 0.5) is 0 Å². The molecule has 0 rings (SSSR count). The minimum absolute atomic E-state index is 1.01. The zero-order valence-corrected chi connectivity index (χ0v) is 6.21. The summed E-state index contributed by atoms with van der Waals surface area (Å²) in [4.78, 5) is 24.7. The van der Waals surface area contributed by atoms with E-state index in [1.165, 1.54) is 5.97 Å². The van der Waals surface area contributed by atoms with E-state index in [4.69, 9.17) is 19.9 Å². The molecule has 2 radical (unpaired) electrons. The van der Waals surface area contributed by atoms with Crippen molar-refractivity contribution in [2.75, 3.05) is 13.3 Å². The Balaban J connectivity index is 0. The predicted molar refractivity (Wildman–Crippen MR) is 36.8 cm³/mol. The molecule has 0 aromatic carbocycles. The zero-order chi connectivity index (χ0) is 8.15. The summed E-state index contributed by atoms with van der Waals surface area (Å²) in [7, 11) is 0.103. The van der Waals surface area contributed by atoms with E-state index in [2.05, 4.69) is 7.85 Å². The first-order valence-electron chi connectivity index (χ1n) is 2.01. The normalized spacial score (nSPS) is 13.6. The average molecular weight is 149 g/mol. The Morgan fingerprint density at radius 2 is 1.33 bits per heavy atom. The fraction of sp³-hybridized carbons (Fsp3) is 0.667. The van der Waals surface area contributed by atoms with E-state index in [0.717, 1.165) is 13.3 Å². The predicted octanol–water partition coefficient (Wildman–Crippen LogP) is -0.843. The summed E-state index contributed by atoms with van der Waals surface area (Å²) in [5.41, 5.74) is 0. The smallest absolute Gasteiger partial charge is 0.214 e. The van der Waals surface area contributed by atoms with Gasteiger partial charge in [0.05, 0.1) is 0 Å². The van der Waals surface area contributed by atoms with Crippen LogP contribution < -0.4 is 0 Å². The van der Waals surface area contributed by atoms with Gasteiger partial charge in [-0.05, 0) is 5.97 Å². The standard InChI is InChI=1S/C2H9O3P.CBN/c1-6(2,3,4)5;2-1-3/h3-5H,1-2H3;. The molecule has 52 valence electrons. The summed E-state index contributed by atoms with van der Waals surface area (Å²) < 4.78 is 0. The largest absolute Gasteiger partial charge is 0.229 e. The van der Waals surface area contributed by atoms with Crippen LogP contribution in [0, 0.1) is 11.2 Å².